The smallest absolute Gasteiger partial charge is 0.305 e. The minimum atomic E-state index is 0.0118. The first-order valence-corrected chi connectivity index (χ1v) is 6.98. The molecule has 0 amide bonds. The molecule has 0 aromatic rings. The van der Waals surface area contributed by atoms with Gasteiger partial charge in [-0.2, -0.15) is 0 Å². The van der Waals surface area contributed by atoms with Crippen molar-refractivity contribution in [3.8, 4) is 0 Å². The summed E-state index contributed by atoms with van der Waals surface area (Å²) >= 11 is 0. The third-order valence-corrected chi connectivity index (χ3v) is 3.44. The molecule has 94 valence electrons. The molecule has 1 rings (SSSR count). The van der Waals surface area contributed by atoms with Gasteiger partial charge in [0.25, 0.3) is 0 Å². The highest BCUT2D eigenvalue weighted by molar-refractivity contribution is 5.69. The molecule has 0 atom stereocenters. The molecule has 1 aliphatic rings. The van der Waals surface area contributed by atoms with Crippen molar-refractivity contribution in [1.82, 2.24) is 0 Å². The van der Waals surface area contributed by atoms with E-state index in [1.165, 1.54) is 38.5 Å². The summed E-state index contributed by atoms with van der Waals surface area (Å²) in [7, 11) is 0. The van der Waals surface area contributed by atoms with Crippen LogP contribution in [0.3, 0.4) is 0 Å². The Kier molecular flexibility index (Phi) is 7.28. The summed E-state index contributed by atoms with van der Waals surface area (Å²) in [4.78, 5) is 11.4. The van der Waals surface area contributed by atoms with E-state index in [0.29, 0.717) is 18.9 Å². The monoisotopic (exact) mass is 226 g/mol. The van der Waals surface area contributed by atoms with Crippen molar-refractivity contribution in [2.24, 2.45) is 5.92 Å². The highest BCUT2D eigenvalue weighted by Gasteiger charge is 2.14. The van der Waals surface area contributed by atoms with Gasteiger partial charge in [0.15, 0.2) is 0 Å². The molecule has 0 aromatic carbocycles. The van der Waals surface area contributed by atoms with Crippen LogP contribution >= 0.6 is 0 Å². The van der Waals surface area contributed by atoms with Gasteiger partial charge in [0, 0.05) is 6.42 Å². The number of carbonyl (C=O) groups is 1. The molecule has 2 heteroatoms. The van der Waals surface area contributed by atoms with Crippen molar-refractivity contribution >= 4 is 5.97 Å². The fraction of sp³-hybridized carbons (Fsp3) is 0.929. The van der Waals surface area contributed by atoms with E-state index in [2.05, 4.69) is 6.92 Å². The fourth-order valence-corrected chi connectivity index (χ4v) is 2.33. The molecule has 16 heavy (non-hydrogen) atoms. The number of esters is 1. The second-order valence-corrected chi connectivity index (χ2v) is 5.00. The van der Waals surface area contributed by atoms with Crippen LogP contribution in [0, 0.1) is 5.92 Å². The molecule has 0 saturated heterocycles. The summed E-state index contributed by atoms with van der Waals surface area (Å²) < 4.78 is 5.34. The topological polar surface area (TPSA) is 26.3 Å². The summed E-state index contributed by atoms with van der Waals surface area (Å²) in [5, 5.41) is 0. The normalized spacial score (nSPS) is 18.1. The molecule has 0 aliphatic heterocycles. The standard InChI is InChI=1S/C14H26O2/c1-2-3-6-11-14(15)16-12-13-9-7-4-5-8-10-13/h13H,2-12H2,1H3. The van der Waals surface area contributed by atoms with E-state index in [0.717, 1.165) is 19.3 Å². The molecule has 0 aromatic heterocycles. The SMILES string of the molecule is CCCCCC(=O)OCC1CCCCCC1. The highest BCUT2D eigenvalue weighted by Crippen LogP contribution is 2.23. The quantitative estimate of drug-likeness (QED) is 0.387. The van der Waals surface area contributed by atoms with Crippen molar-refractivity contribution in [3.63, 3.8) is 0 Å². The number of hydrogen-bond donors (Lipinski definition) is 0. The van der Waals surface area contributed by atoms with Crippen molar-refractivity contribution in [2.75, 3.05) is 6.61 Å². The lowest BCUT2D eigenvalue weighted by atomic mass is 10.0. The lowest BCUT2D eigenvalue weighted by molar-refractivity contribution is -0.145. The molecule has 0 unspecified atom stereocenters. The van der Waals surface area contributed by atoms with Gasteiger partial charge in [-0.05, 0) is 25.2 Å². The van der Waals surface area contributed by atoms with Crippen LogP contribution in [-0.2, 0) is 9.53 Å². The van der Waals surface area contributed by atoms with Gasteiger partial charge in [0.05, 0.1) is 6.61 Å². The van der Waals surface area contributed by atoms with Crippen LogP contribution in [0.1, 0.15) is 71.1 Å². The molecule has 0 heterocycles. The van der Waals surface area contributed by atoms with Gasteiger partial charge < -0.3 is 4.74 Å². The minimum absolute atomic E-state index is 0.0118. The van der Waals surface area contributed by atoms with Gasteiger partial charge in [-0.1, -0.05) is 45.4 Å². The first-order chi connectivity index (χ1) is 7.83. The summed E-state index contributed by atoms with van der Waals surface area (Å²) in [6.07, 6.45) is 11.8. The Hall–Kier alpha value is -0.530. The van der Waals surface area contributed by atoms with Crippen LogP contribution in [0.5, 0.6) is 0 Å². The molecule has 1 fully saturated rings. The minimum Gasteiger partial charge on any atom is -0.465 e. The Morgan fingerprint density at radius 1 is 1.12 bits per heavy atom. The highest BCUT2D eigenvalue weighted by atomic mass is 16.5. The second-order valence-electron chi connectivity index (χ2n) is 5.00. The maximum absolute atomic E-state index is 11.4. The molecular weight excluding hydrogens is 200 g/mol. The predicted molar refractivity (Wildman–Crippen MR) is 66.3 cm³/mol. The third-order valence-electron chi connectivity index (χ3n) is 3.44. The Morgan fingerprint density at radius 3 is 2.44 bits per heavy atom. The number of ether oxygens (including phenoxy) is 1. The Labute approximate surface area is 99.8 Å². The zero-order valence-corrected chi connectivity index (χ0v) is 10.7. The third kappa shape index (κ3) is 6.14. The van der Waals surface area contributed by atoms with Crippen LogP contribution in [0.2, 0.25) is 0 Å². The molecular formula is C14H26O2. The van der Waals surface area contributed by atoms with Crippen LogP contribution in [-0.4, -0.2) is 12.6 Å². The molecule has 1 saturated carbocycles. The maximum Gasteiger partial charge on any atom is 0.305 e. The van der Waals surface area contributed by atoms with E-state index in [1.807, 2.05) is 0 Å². The molecule has 0 bridgehead atoms. The van der Waals surface area contributed by atoms with E-state index in [9.17, 15) is 4.79 Å². The van der Waals surface area contributed by atoms with Gasteiger partial charge in [-0.15, -0.1) is 0 Å². The summed E-state index contributed by atoms with van der Waals surface area (Å²) in [6.45, 7) is 2.82. The molecule has 0 spiro atoms. The fourth-order valence-electron chi connectivity index (χ4n) is 2.33. The van der Waals surface area contributed by atoms with Crippen LogP contribution in [0.25, 0.3) is 0 Å². The lowest BCUT2D eigenvalue weighted by Crippen LogP contribution is -2.13. The van der Waals surface area contributed by atoms with Gasteiger partial charge in [-0.25, -0.2) is 0 Å². The van der Waals surface area contributed by atoms with Gasteiger partial charge in [0.2, 0.25) is 0 Å². The van der Waals surface area contributed by atoms with Crippen LogP contribution in [0.15, 0.2) is 0 Å². The van der Waals surface area contributed by atoms with Gasteiger partial charge in [-0.3, -0.25) is 4.79 Å². The Bertz CT molecular complexity index is 181. The summed E-state index contributed by atoms with van der Waals surface area (Å²) in [6, 6.07) is 0. The molecule has 2 nitrogen and oxygen atoms in total. The van der Waals surface area contributed by atoms with Crippen molar-refractivity contribution in [1.29, 1.82) is 0 Å². The predicted octanol–water partition coefficient (Wildman–Crippen LogP) is 4.08. The second kappa shape index (κ2) is 8.60. The molecule has 0 N–H and O–H groups in total. The largest absolute Gasteiger partial charge is 0.465 e. The average Bonchev–Trinajstić information content (AvgIpc) is 2.55. The first kappa shape index (κ1) is 13.5. The van der Waals surface area contributed by atoms with Crippen molar-refractivity contribution < 1.29 is 9.53 Å². The van der Waals surface area contributed by atoms with E-state index in [4.69, 9.17) is 4.74 Å². The van der Waals surface area contributed by atoms with Crippen LogP contribution < -0.4 is 0 Å². The number of rotatable bonds is 6. The van der Waals surface area contributed by atoms with Gasteiger partial charge >= 0.3 is 5.97 Å². The first-order valence-electron chi connectivity index (χ1n) is 6.98. The lowest BCUT2D eigenvalue weighted by Gasteiger charge is -2.13. The number of unbranched alkanes of at least 4 members (excludes halogenated alkanes) is 2. The van der Waals surface area contributed by atoms with E-state index < -0.39 is 0 Å². The van der Waals surface area contributed by atoms with Gasteiger partial charge in [0.1, 0.15) is 0 Å². The summed E-state index contributed by atoms with van der Waals surface area (Å²) in [5.74, 6) is 0.648. The van der Waals surface area contributed by atoms with Crippen molar-refractivity contribution in [2.45, 2.75) is 71.1 Å². The van der Waals surface area contributed by atoms with E-state index in [1.54, 1.807) is 0 Å². The summed E-state index contributed by atoms with van der Waals surface area (Å²) in [5.41, 5.74) is 0. The molecule has 1 aliphatic carbocycles. The Balaban J connectivity index is 2.05. The molecule has 0 radical (unpaired) electrons. The zero-order chi connectivity index (χ0) is 11.6. The maximum atomic E-state index is 11.4. The van der Waals surface area contributed by atoms with Crippen LogP contribution in [0.4, 0.5) is 0 Å². The van der Waals surface area contributed by atoms with Crippen molar-refractivity contribution in [3.05, 3.63) is 0 Å². The van der Waals surface area contributed by atoms with E-state index >= 15 is 0 Å². The number of hydrogen-bond acceptors (Lipinski definition) is 2. The Morgan fingerprint density at radius 2 is 1.81 bits per heavy atom. The van der Waals surface area contributed by atoms with E-state index in [-0.39, 0.29) is 5.97 Å². The zero-order valence-electron chi connectivity index (χ0n) is 10.7. The number of carbonyl (C=O) groups excluding carboxylic acids is 1. The average molecular weight is 226 g/mol.